The van der Waals surface area contributed by atoms with Crippen LogP contribution in [0.1, 0.15) is 62.5 Å². The van der Waals surface area contributed by atoms with Crippen molar-refractivity contribution in [1.29, 1.82) is 0 Å². The highest BCUT2D eigenvalue weighted by Gasteiger charge is 2.34. The lowest BCUT2D eigenvalue weighted by Crippen LogP contribution is -2.35. The van der Waals surface area contributed by atoms with Gasteiger partial charge in [-0.2, -0.15) is 0 Å². The summed E-state index contributed by atoms with van der Waals surface area (Å²) in [6, 6.07) is 6.84. The van der Waals surface area contributed by atoms with Gasteiger partial charge in [-0.3, -0.25) is 0 Å². The number of fused-ring (bicyclic) bond motifs is 2. The maximum Gasteiger partial charge on any atom is 0.123 e. The first-order chi connectivity index (χ1) is 10.1. The molecule has 2 bridgehead atoms. The summed E-state index contributed by atoms with van der Waals surface area (Å²) in [7, 11) is 0. The van der Waals surface area contributed by atoms with Crippen LogP contribution in [-0.4, -0.2) is 30.4 Å². The number of benzene rings is 1. The SMILES string of the molecule is CC(C)NCC(O)COc1cccc2c1C1CCC2CC1.Cl. The van der Waals surface area contributed by atoms with E-state index in [0.717, 1.165) is 11.7 Å². The lowest BCUT2D eigenvalue weighted by Gasteiger charge is -2.39. The van der Waals surface area contributed by atoms with E-state index < -0.39 is 6.10 Å². The molecule has 0 heterocycles. The van der Waals surface area contributed by atoms with E-state index in [0.29, 0.717) is 25.1 Å². The lowest BCUT2D eigenvalue weighted by atomic mass is 9.67. The van der Waals surface area contributed by atoms with E-state index in [9.17, 15) is 5.11 Å². The molecule has 0 amide bonds. The fraction of sp³-hybridized carbons (Fsp3) is 0.667. The Balaban J connectivity index is 0.00000176. The first-order valence-corrected chi connectivity index (χ1v) is 8.32. The molecular weight excluding hydrogens is 298 g/mol. The Bertz CT molecular complexity index is 484. The molecule has 0 saturated heterocycles. The van der Waals surface area contributed by atoms with Crippen LogP contribution in [0.15, 0.2) is 18.2 Å². The van der Waals surface area contributed by atoms with Crippen LogP contribution in [0.4, 0.5) is 0 Å². The Morgan fingerprint density at radius 3 is 2.55 bits per heavy atom. The van der Waals surface area contributed by atoms with Crippen molar-refractivity contribution in [2.24, 2.45) is 0 Å². The third kappa shape index (κ3) is 3.76. The molecule has 2 N–H and O–H groups in total. The van der Waals surface area contributed by atoms with Gasteiger partial charge in [0.25, 0.3) is 0 Å². The zero-order valence-corrected chi connectivity index (χ0v) is 14.4. The summed E-state index contributed by atoms with van der Waals surface area (Å²) in [4.78, 5) is 0. The van der Waals surface area contributed by atoms with Gasteiger partial charge in [0.15, 0.2) is 0 Å². The molecule has 22 heavy (non-hydrogen) atoms. The molecule has 1 saturated carbocycles. The monoisotopic (exact) mass is 325 g/mol. The standard InChI is InChI=1S/C18H27NO2.ClH/c1-12(2)19-10-15(20)11-21-17-5-3-4-16-13-6-8-14(9-7-13)18(16)17;/h3-5,12-15,19-20H,6-11H2,1-2H3;1H. The average molecular weight is 326 g/mol. The predicted octanol–water partition coefficient (Wildman–Crippen LogP) is 3.60. The number of nitrogens with one attached hydrogen (secondary N) is 1. The van der Waals surface area contributed by atoms with Gasteiger partial charge in [-0.05, 0) is 49.1 Å². The minimum absolute atomic E-state index is 0. The van der Waals surface area contributed by atoms with Crippen LogP contribution in [-0.2, 0) is 0 Å². The third-order valence-electron chi connectivity index (χ3n) is 4.87. The number of aliphatic hydroxyl groups excluding tert-OH is 1. The molecule has 4 rings (SSSR count). The van der Waals surface area contributed by atoms with E-state index in [-0.39, 0.29) is 12.4 Å². The molecule has 0 spiro atoms. The summed E-state index contributed by atoms with van der Waals surface area (Å²) in [5.41, 5.74) is 2.94. The average Bonchev–Trinajstić information content (AvgIpc) is 2.52. The van der Waals surface area contributed by atoms with E-state index in [1.807, 2.05) is 0 Å². The molecule has 1 unspecified atom stereocenters. The number of hydrogen-bond acceptors (Lipinski definition) is 3. The van der Waals surface area contributed by atoms with Crippen molar-refractivity contribution in [3.05, 3.63) is 29.3 Å². The number of ether oxygens (including phenoxy) is 1. The Morgan fingerprint density at radius 1 is 1.18 bits per heavy atom. The lowest BCUT2D eigenvalue weighted by molar-refractivity contribution is 0.103. The van der Waals surface area contributed by atoms with Gasteiger partial charge in [-0.25, -0.2) is 0 Å². The fourth-order valence-electron chi connectivity index (χ4n) is 3.79. The van der Waals surface area contributed by atoms with Crippen LogP contribution in [0.2, 0.25) is 0 Å². The van der Waals surface area contributed by atoms with E-state index >= 15 is 0 Å². The van der Waals surface area contributed by atoms with Crippen LogP contribution in [0.5, 0.6) is 5.75 Å². The minimum atomic E-state index is -0.455. The second-order valence-electron chi connectivity index (χ2n) is 6.84. The highest BCUT2D eigenvalue weighted by atomic mass is 35.5. The highest BCUT2D eigenvalue weighted by Crippen LogP contribution is 2.52. The van der Waals surface area contributed by atoms with Crippen LogP contribution < -0.4 is 10.1 Å². The third-order valence-corrected chi connectivity index (χ3v) is 4.87. The molecule has 4 heteroatoms. The highest BCUT2D eigenvalue weighted by molar-refractivity contribution is 5.85. The largest absolute Gasteiger partial charge is 0.491 e. The predicted molar refractivity (Wildman–Crippen MR) is 92.3 cm³/mol. The van der Waals surface area contributed by atoms with Crippen LogP contribution in [0, 0.1) is 0 Å². The van der Waals surface area contributed by atoms with E-state index in [1.54, 1.807) is 0 Å². The molecule has 0 aliphatic heterocycles. The van der Waals surface area contributed by atoms with Gasteiger partial charge >= 0.3 is 0 Å². The molecule has 1 fully saturated rings. The van der Waals surface area contributed by atoms with Crippen molar-refractivity contribution in [2.45, 2.75) is 63.5 Å². The maximum absolute atomic E-state index is 10.0. The van der Waals surface area contributed by atoms with Crippen LogP contribution in [0.3, 0.4) is 0 Å². The molecule has 1 aromatic rings. The normalized spacial score (nSPS) is 23.8. The second kappa shape index (κ2) is 7.67. The number of aliphatic hydroxyl groups is 1. The molecule has 1 aromatic carbocycles. The molecule has 0 radical (unpaired) electrons. The molecule has 124 valence electrons. The Hall–Kier alpha value is -0.770. The summed E-state index contributed by atoms with van der Waals surface area (Å²) in [6.07, 6.45) is 4.82. The van der Waals surface area contributed by atoms with Gasteiger partial charge in [0, 0.05) is 18.2 Å². The van der Waals surface area contributed by atoms with Gasteiger partial charge in [0.2, 0.25) is 0 Å². The molecule has 3 nitrogen and oxygen atoms in total. The fourth-order valence-corrected chi connectivity index (χ4v) is 3.79. The second-order valence-corrected chi connectivity index (χ2v) is 6.84. The molecule has 1 atom stereocenters. The summed E-state index contributed by atoms with van der Waals surface area (Å²) < 4.78 is 5.96. The van der Waals surface area contributed by atoms with Gasteiger partial charge in [-0.1, -0.05) is 26.0 Å². The Labute approximate surface area is 139 Å². The van der Waals surface area contributed by atoms with Crippen LogP contribution in [0.25, 0.3) is 0 Å². The number of halogens is 1. The molecular formula is C18H28ClNO2. The maximum atomic E-state index is 10.0. The molecule has 3 aliphatic rings. The topological polar surface area (TPSA) is 41.5 Å². The van der Waals surface area contributed by atoms with Crippen molar-refractivity contribution < 1.29 is 9.84 Å². The Kier molecular flexibility index (Phi) is 6.13. The van der Waals surface area contributed by atoms with Gasteiger partial charge < -0.3 is 15.2 Å². The summed E-state index contributed by atoms with van der Waals surface area (Å²) >= 11 is 0. The first-order valence-electron chi connectivity index (χ1n) is 8.32. The van der Waals surface area contributed by atoms with Gasteiger partial charge in [0.1, 0.15) is 18.5 Å². The quantitative estimate of drug-likeness (QED) is 0.839. The van der Waals surface area contributed by atoms with E-state index in [1.165, 1.54) is 36.8 Å². The zero-order chi connectivity index (χ0) is 14.8. The number of hydrogen-bond donors (Lipinski definition) is 2. The summed E-state index contributed by atoms with van der Waals surface area (Å²) in [5.74, 6) is 2.42. The van der Waals surface area contributed by atoms with E-state index in [2.05, 4.69) is 37.4 Å². The summed E-state index contributed by atoms with van der Waals surface area (Å²) in [5, 5.41) is 13.2. The van der Waals surface area contributed by atoms with Crippen molar-refractivity contribution in [2.75, 3.05) is 13.2 Å². The first kappa shape index (κ1) is 17.6. The summed E-state index contributed by atoms with van der Waals surface area (Å²) in [6.45, 7) is 5.11. The van der Waals surface area contributed by atoms with Gasteiger partial charge in [0.05, 0.1) is 0 Å². The van der Waals surface area contributed by atoms with Crippen molar-refractivity contribution in [3.8, 4) is 5.75 Å². The molecule has 0 aromatic heterocycles. The smallest absolute Gasteiger partial charge is 0.123 e. The van der Waals surface area contributed by atoms with Crippen molar-refractivity contribution in [1.82, 2.24) is 5.32 Å². The van der Waals surface area contributed by atoms with Gasteiger partial charge in [-0.15, -0.1) is 12.4 Å². The van der Waals surface area contributed by atoms with Crippen molar-refractivity contribution in [3.63, 3.8) is 0 Å². The Morgan fingerprint density at radius 2 is 1.86 bits per heavy atom. The number of rotatable bonds is 6. The van der Waals surface area contributed by atoms with E-state index in [4.69, 9.17) is 4.74 Å². The van der Waals surface area contributed by atoms with Crippen LogP contribution >= 0.6 is 12.4 Å². The minimum Gasteiger partial charge on any atom is -0.491 e. The zero-order valence-electron chi connectivity index (χ0n) is 13.5. The van der Waals surface area contributed by atoms with Crippen molar-refractivity contribution >= 4 is 12.4 Å². The molecule has 3 aliphatic carbocycles.